The summed E-state index contributed by atoms with van der Waals surface area (Å²) < 4.78 is 24.3. The molecular formula is C15H16O3S2. The molecule has 1 aliphatic rings. The van der Waals surface area contributed by atoms with Gasteiger partial charge in [0.15, 0.2) is 9.84 Å². The average molecular weight is 308 g/mol. The van der Waals surface area contributed by atoms with Gasteiger partial charge in [-0.3, -0.25) is 0 Å². The molecule has 1 atom stereocenters. The van der Waals surface area contributed by atoms with E-state index in [1.54, 1.807) is 0 Å². The zero-order valence-corrected chi connectivity index (χ0v) is 12.8. The molecular weight excluding hydrogens is 292 g/mol. The zero-order chi connectivity index (χ0) is 14.3. The van der Waals surface area contributed by atoms with Gasteiger partial charge in [0.05, 0.1) is 6.10 Å². The number of hydrogen-bond donors (Lipinski definition) is 1. The van der Waals surface area contributed by atoms with Gasteiger partial charge < -0.3 is 5.11 Å². The van der Waals surface area contributed by atoms with Gasteiger partial charge in [0, 0.05) is 16.7 Å². The number of aliphatic hydroxyl groups is 1. The van der Waals surface area contributed by atoms with Crippen LogP contribution in [0.4, 0.5) is 0 Å². The number of thiophene rings is 1. The van der Waals surface area contributed by atoms with Crippen molar-refractivity contribution in [3.63, 3.8) is 0 Å². The van der Waals surface area contributed by atoms with Gasteiger partial charge >= 0.3 is 0 Å². The second kappa shape index (κ2) is 4.98. The van der Waals surface area contributed by atoms with Crippen molar-refractivity contribution >= 4 is 21.2 Å². The van der Waals surface area contributed by atoms with Crippen LogP contribution in [0.3, 0.4) is 0 Å². The fourth-order valence-corrected chi connectivity index (χ4v) is 5.41. The lowest BCUT2D eigenvalue weighted by molar-refractivity contribution is 0.154. The number of aliphatic hydroxyl groups excluding tert-OH is 1. The molecule has 0 amide bonds. The van der Waals surface area contributed by atoms with Crippen LogP contribution in [-0.4, -0.2) is 19.8 Å². The normalized spacial score (nSPS) is 18.8. The van der Waals surface area contributed by atoms with E-state index in [4.69, 9.17) is 0 Å². The molecule has 3 rings (SSSR count). The monoisotopic (exact) mass is 308 g/mol. The molecule has 1 aliphatic carbocycles. The number of sulfone groups is 1. The standard InChI is InChI=1S/C15H16O3S2/c1-20(17,18)15-13-11(8-5-9-12(13)16)14(19-15)10-6-3-2-4-7-10/h2-4,6-7,12,16H,5,8-9H2,1H3. The molecule has 5 heteroatoms. The lowest BCUT2D eigenvalue weighted by Gasteiger charge is -2.19. The van der Waals surface area contributed by atoms with Crippen molar-refractivity contribution in [1.82, 2.24) is 0 Å². The Kier molecular flexibility index (Phi) is 3.44. The molecule has 3 nitrogen and oxygen atoms in total. The first-order valence-corrected chi connectivity index (χ1v) is 9.28. The summed E-state index contributed by atoms with van der Waals surface area (Å²) in [5, 5.41) is 10.2. The quantitative estimate of drug-likeness (QED) is 0.927. The van der Waals surface area contributed by atoms with Crippen LogP contribution < -0.4 is 0 Å². The smallest absolute Gasteiger partial charge is 0.185 e. The van der Waals surface area contributed by atoms with E-state index in [1.807, 2.05) is 30.3 Å². The van der Waals surface area contributed by atoms with Crippen LogP contribution in [0.15, 0.2) is 34.5 Å². The molecule has 1 unspecified atom stereocenters. The van der Waals surface area contributed by atoms with Crippen molar-refractivity contribution in [3.8, 4) is 10.4 Å². The van der Waals surface area contributed by atoms with E-state index in [0.29, 0.717) is 16.2 Å². The van der Waals surface area contributed by atoms with Gasteiger partial charge in [-0.05, 0) is 30.4 Å². The minimum absolute atomic E-state index is 0.332. The maximum atomic E-state index is 12.0. The van der Waals surface area contributed by atoms with Crippen molar-refractivity contribution in [3.05, 3.63) is 41.5 Å². The third-order valence-electron chi connectivity index (χ3n) is 3.62. The number of benzene rings is 1. The van der Waals surface area contributed by atoms with Gasteiger partial charge in [-0.2, -0.15) is 0 Å². The molecule has 0 spiro atoms. The summed E-state index contributed by atoms with van der Waals surface area (Å²) in [6.45, 7) is 0. The van der Waals surface area contributed by atoms with E-state index in [1.165, 1.54) is 17.6 Å². The molecule has 2 aromatic rings. The Balaban J connectivity index is 2.28. The molecule has 1 aromatic heterocycles. The Morgan fingerprint density at radius 1 is 1.25 bits per heavy atom. The Labute approximate surface area is 122 Å². The van der Waals surface area contributed by atoms with Crippen molar-refractivity contribution in [2.24, 2.45) is 0 Å². The zero-order valence-electron chi connectivity index (χ0n) is 11.2. The van der Waals surface area contributed by atoms with Crippen LogP contribution in [-0.2, 0) is 16.3 Å². The van der Waals surface area contributed by atoms with Crippen LogP contribution in [0.1, 0.15) is 30.1 Å². The number of fused-ring (bicyclic) bond motifs is 1. The lowest BCUT2D eigenvalue weighted by Crippen LogP contribution is -2.11. The minimum Gasteiger partial charge on any atom is -0.388 e. The fraction of sp³-hybridized carbons (Fsp3) is 0.333. The highest BCUT2D eigenvalue weighted by atomic mass is 32.2. The molecule has 1 heterocycles. The highest BCUT2D eigenvalue weighted by Crippen LogP contribution is 2.46. The number of rotatable bonds is 2. The van der Waals surface area contributed by atoms with Crippen molar-refractivity contribution in [2.45, 2.75) is 29.6 Å². The molecule has 0 fully saturated rings. The predicted molar refractivity (Wildman–Crippen MR) is 80.8 cm³/mol. The summed E-state index contributed by atoms with van der Waals surface area (Å²) in [5.74, 6) is 0. The van der Waals surface area contributed by atoms with Gasteiger partial charge in [0.25, 0.3) is 0 Å². The molecule has 0 saturated heterocycles. The Morgan fingerprint density at radius 2 is 1.95 bits per heavy atom. The Bertz CT molecular complexity index is 730. The summed E-state index contributed by atoms with van der Waals surface area (Å²) in [4.78, 5) is 0.986. The third kappa shape index (κ3) is 2.30. The first-order valence-electron chi connectivity index (χ1n) is 6.57. The van der Waals surface area contributed by atoms with Crippen LogP contribution in [0, 0.1) is 0 Å². The van der Waals surface area contributed by atoms with Crippen molar-refractivity contribution < 1.29 is 13.5 Å². The largest absolute Gasteiger partial charge is 0.388 e. The molecule has 0 bridgehead atoms. The van der Waals surface area contributed by atoms with Crippen LogP contribution in [0.5, 0.6) is 0 Å². The summed E-state index contributed by atoms with van der Waals surface area (Å²) in [6.07, 6.45) is 2.93. The third-order valence-corrected chi connectivity index (χ3v) is 6.77. The average Bonchev–Trinajstić information content (AvgIpc) is 2.81. The lowest BCUT2D eigenvalue weighted by atomic mass is 9.90. The molecule has 0 aliphatic heterocycles. The van der Waals surface area contributed by atoms with E-state index in [0.717, 1.165) is 28.8 Å². The van der Waals surface area contributed by atoms with E-state index in [2.05, 4.69) is 0 Å². The maximum absolute atomic E-state index is 12.0. The van der Waals surface area contributed by atoms with E-state index >= 15 is 0 Å². The predicted octanol–water partition coefficient (Wildman–Crippen LogP) is 3.19. The first kappa shape index (κ1) is 13.8. The fourth-order valence-electron chi connectivity index (χ4n) is 2.75. The Hall–Kier alpha value is -1.17. The highest BCUT2D eigenvalue weighted by molar-refractivity contribution is 7.92. The molecule has 1 aromatic carbocycles. The highest BCUT2D eigenvalue weighted by Gasteiger charge is 2.31. The van der Waals surface area contributed by atoms with Gasteiger partial charge in [-0.15, -0.1) is 11.3 Å². The van der Waals surface area contributed by atoms with Crippen molar-refractivity contribution in [2.75, 3.05) is 6.26 Å². The van der Waals surface area contributed by atoms with E-state index in [9.17, 15) is 13.5 Å². The summed E-state index contributed by atoms with van der Waals surface area (Å²) in [7, 11) is -3.31. The summed E-state index contributed by atoms with van der Waals surface area (Å²) in [5.41, 5.74) is 2.68. The molecule has 0 radical (unpaired) electrons. The van der Waals surface area contributed by atoms with Crippen LogP contribution in [0.2, 0.25) is 0 Å². The second-order valence-electron chi connectivity index (χ2n) is 5.16. The minimum atomic E-state index is -3.31. The Morgan fingerprint density at radius 3 is 2.60 bits per heavy atom. The number of hydrogen-bond acceptors (Lipinski definition) is 4. The second-order valence-corrected chi connectivity index (χ2v) is 8.39. The molecule has 1 N–H and O–H groups in total. The van der Waals surface area contributed by atoms with Gasteiger partial charge in [-0.1, -0.05) is 30.3 Å². The van der Waals surface area contributed by atoms with Gasteiger partial charge in [-0.25, -0.2) is 8.42 Å². The first-order chi connectivity index (χ1) is 9.48. The SMILES string of the molecule is CS(=O)(=O)c1sc(-c2ccccc2)c2c1C(O)CCC2. The van der Waals surface area contributed by atoms with Gasteiger partial charge in [0.1, 0.15) is 4.21 Å². The van der Waals surface area contributed by atoms with E-state index < -0.39 is 15.9 Å². The summed E-state index contributed by atoms with van der Waals surface area (Å²) >= 11 is 1.29. The molecule has 106 valence electrons. The topological polar surface area (TPSA) is 54.4 Å². The molecule has 0 saturated carbocycles. The summed E-state index contributed by atoms with van der Waals surface area (Å²) in [6, 6.07) is 9.80. The molecule has 20 heavy (non-hydrogen) atoms. The maximum Gasteiger partial charge on any atom is 0.185 e. The van der Waals surface area contributed by atoms with Crippen molar-refractivity contribution in [1.29, 1.82) is 0 Å². The van der Waals surface area contributed by atoms with Gasteiger partial charge in [0.2, 0.25) is 0 Å². The van der Waals surface area contributed by atoms with Crippen LogP contribution in [0.25, 0.3) is 10.4 Å². The van der Waals surface area contributed by atoms with E-state index in [-0.39, 0.29) is 0 Å². The van der Waals surface area contributed by atoms with Crippen LogP contribution >= 0.6 is 11.3 Å².